The molecule has 0 saturated heterocycles. The summed E-state index contributed by atoms with van der Waals surface area (Å²) >= 11 is 3.49. The number of carbonyl (C=O) groups is 2. The second-order valence-corrected chi connectivity index (χ2v) is 15.7. The Balaban J connectivity index is 1.57. The van der Waals surface area contributed by atoms with E-state index in [0.29, 0.717) is 5.69 Å². The lowest BCUT2D eigenvalue weighted by molar-refractivity contribution is -0.140. The van der Waals surface area contributed by atoms with Crippen LogP contribution in [-0.2, 0) is 32.6 Å². The van der Waals surface area contributed by atoms with Crippen LogP contribution in [0.5, 0.6) is 0 Å². The number of rotatable bonds is 13. The fourth-order valence-electron chi connectivity index (χ4n) is 6.10. The highest BCUT2D eigenvalue weighted by atomic mass is 79.9. The summed E-state index contributed by atoms with van der Waals surface area (Å²) in [6, 6.07) is 30.4. The Bertz CT molecular complexity index is 1770. The van der Waals surface area contributed by atoms with Gasteiger partial charge in [0.2, 0.25) is 11.8 Å². The zero-order chi connectivity index (χ0) is 34.3. The van der Waals surface area contributed by atoms with E-state index >= 15 is 0 Å². The van der Waals surface area contributed by atoms with E-state index in [1.54, 1.807) is 41.3 Å². The third kappa shape index (κ3) is 8.94. The van der Waals surface area contributed by atoms with E-state index in [1.165, 1.54) is 4.31 Å². The van der Waals surface area contributed by atoms with Crippen molar-refractivity contribution >= 4 is 43.5 Å². The van der Waals surface area contributed by atoms with Crippen LogP contribution in [-0.4, -0.2) is 43.8 Å². The molecule has 252 valence electrons. The van der Waals surface area contributed by atoms with Crippen molar-refractivity contribution in [1.29, 1.82) is 0 Å². The molecule has 0 spiro atoms. The van der Waals surface area contributed by atoms with Crippen LogP contribution < -0.4 is 9.62 Å². The van der Waals surface area contributed by atoms with Crippen molar-refractivity contribution in [2.45, 2.75) is 82.3 Å². The fraction of sp³-hybridized carbons (Fsp3) is 0.333. The molecule has 0 radical (unpaired) electrons. The van der Waals surface area contributed by atoms with Gasteiger partial charge in [-0.1, -0.05) is 115 Å². The number of benzene rings is 4. The average Bonchev–Trinajstić information content (AvgIpc) is 3.59. The highest BCUT2D eigenvalue weighted by Crippen LogP contribution is 2.28. The van der Waals surface area contributed by atoms with Crippen LogP contribution in [0.15, 0.2) is 112 Å². The van der Waals surface area contributed by atoms with Crippen LogP contribution in [0.4, 0.5) is 5.69 Å². The molecule has 1 atom stereocenters. The van der Waals surface area contributed by atoms with Crippen LogP contribution in [0.25, 0.3) is 0 Å². The fourth-order valence-corrected chi connectivity index (χ4v) is 7.78. The molecule has 9 heteroatoms. The SMILES string of the molecule is Cc1ccc(S(=O)(=O)N(CC(=O)N(Cc2ccc(Br)cc2)[C@H](Cc2ccccc2)C(=O)NC2CCCC2)c2ccc(C(C)C)cc2)cc1. The van der Waals surface area contributed by atoms with Crippen molar-refractivity contribution in [2.24, 2.45) is 0 Å². The van der Waals surface area contributed by atoms with Crippen molar-refractivity contribution in [3.8, 4) is 0 Å². The number of hydrogen-bond donors (Lipinski definition) is 1. The minimum absolute atomic E-state index is 0.0540. The summed E-state index contributed by atoms with van der Waals surface area (Å²) in [6.45, 7) is 5.69. The lowest BCUT2D eigenvalue weighted by Crippen LogP contribution is -2.54. The number of hydrogen-bond acceptors (Lipinski definition) is 4. The normalized spacial score (nSPS) is 14.1. The molecule has 4 aromatic carbocycles. The molecule has 0 bridgehead atoms. The highest BCUT2D eigenvalue weighted by Gasteiger charge is 2.35. The van der Waals surface area contributed by atoms with E-state index in [4.69, 9.17) is 0 Å². The molecule has 0 unspecified atom stereocenters. The molecule has 0 heterocycles. The maximum atomic E-state index is 14.7. The van der Waals surface area contributed by atoms with Gasteiger partial charge in [0.15, 0.2) is 0 Å². The van der Waals surface area contributed by atoms with Gasteiger partial charge in [0, 0.05) is 23.5 Å². The average molecular weight is 731 g/mol. The standard InChI is InChI=1S/C39H44BrN3O4S/c1-28(2)32-17-21-35(22-18-32)43(48(46,47)36-23-13-29(3)14-24-36)27-38(44)42(26-31-15-19-33(40)20-16-31)37(25-30-9-5-4-6-10-30)39(45)41-34-11-7-8-12-34/h4-6,9-10,13-24,28,34,37H,7-8,11-12,25-27H2,1-3H3,(H,41,45)/t37-/m1/s1. The van der Waals surface area contributed by atoms with E-state index in [-0.39, 0.29) is 35.7 Å². The number of carbonyl (C=O) groups excluding carboxylic acids is 2. The van der Waals surface area contributed by atoms with Crippen LogP contribution in [0.1, 0.15) is 67.7 Å². The number of nitrogens with one attached hydrogen (secondary N) is 1. The molecular formula is C39H44BrN3O4S. The Morgan fingerprint density at radius 2 is 1.46 bits per heavy atom. The second-order valence-electron chi connectivity index (χ2n) is 12.9. The molecule has 5 rings (SSSR count). The van der Waals surface area contributed by atoms with Gasteiger partial charge in [0.05, 0.1) is 10.6 Å². The number of halogens is 1. The van der Waals surface area contributed by atoms with Gasteiger partial charge in [-0.15, -0.1) is 0 Å². The van der Waals surface area contributed by atoms with Crippen LogP contribution in [0.3, 0.4) is 0 Å². The lowest BCUT2D eigenvalue weighted by Gasteiger charge is -2.34. The molecule has 4 aromatic rings. The van der Waals surface area contributed by atoms with Gasteiger partial charge in [0.25, 0.3) is 10.0 Å². The van der Waals surface area contributed by atoms with Crippen molar-refractivity contribution in [2.75, 3.05) is 10.8 Å². The summed E-state index contributed by atoms with van der Waals surface area (Å²) in [5.74, 6) is -0.448. The van der Waals surface area contributed by atoms with E-state index < -0.39 is 28.5 Å². The van der Waals surface area contributed by atoms with Crippen LogP contribution in [0.2, 0.25) is 0 Å². The Morgan fingerprint density at radius 1 is 0.833 bits per heavy atom. The van der Waals surface area contributed by atoms with Gasteiger partial charge < -0.3 is 10.2 Å². The van der Waals surface area contributed by atoms with Crippen molar-refractivity contribution in [3.63, 3.8) is 0 Å². The van der Waals surface area contributed by atoms with Gasteiger partial charge in [-0.05, 0) is 78.8 Å². The smallest absolute Gasteiger partial charge is 0.264 e. The maximum absolute atomic E-state index is 14.7. The maximum Gasteiger partial charge on any atom is 0.264 e. The van der Waals surface area contributed by atoms with Crippen LogP contribution in [0, 0.1) is 6.92 Å². The Morgan fingerprint density at radius 3 is 2.06 bits per heavy atom. The van der Waals surface area contributed by atoms with Gasteiger partial charge in [-0.25, -0.2) is 8.42 Å². The van der Waals surface area contributed by atoms with Crippen molar-refractivity contribution in [3.05, 3.63) is 130 Å². The first-order chi connectivity index (χ1) is 23.0. The quantitative estimate of drug-likeness (QED) is 0.152. The molecule has 7 nitrogen and oxygen atoms in total. The molecule has 48 heavy (non-hydrogen) atoms. The van der Waals surface area contributed by atoms with Crippen molar-refractivity contribution < 1.29 is 18.0 Å². The zero-order valence-electron chi connectivity index (χ0n) is 27.8. The summed E-state index contributed by atoms with van der Waals surface area (Å²) in [5, 5.41) is 3.22. The summed E-state index contributed by atoms with van der Waals surface area (Å²) in [5.41, 5.74) is 4.10. The molecule has 1 aliphatic rings. The van der Waals surface area contributed by atoms with Gasteiger partial charge >= 0.3 is 0 Å². The molecule has 1 fully saturated rings. The molecule has 0 aromatic heterocycles. The minimum Gasteiger partial charge on any atom is -0.352 e. The first kappa shape index (κ1) is 35.4. The van der Waals surface area contributed by atoms with E-state index in [9.17, 15) is 18.0 Å². The summed E-state index contributed by atoms with van der Waals surface area (Å²) in [4.78, 5) is 30.5. The van der Waals surface area contributed by atoms with Gasteiger partial charge in [0.1, 0.15) is 12.6 Å². The summed E-state index contributed by atoms with van der Waals surface area (Å²) in [6.07, 6.45) is 4.20. The zero-order valence-corrected chi connectivity index (χ0v) is 30.2. The van der Waals surface area contributed by atoms with E-state index in [2.05, 4.69) is 35.1 Å². The third-order valence-corrected chi connectivity index (χ3v) is 11.3. The number of aryl methyl sites for hydroxylation is 1. The first-order valence-electron chi connectivity index (χ1n) is 16.6. The van der Waals surface area contributed by atoms with E-state index in [0.717, 1.165) is 52.4 Å². The minimum atomic E-state index is -4.16. The molecule has 0 aliphatic heterocycles. The van der Waals surface area contributed by atoms with E-state index in [1.807, 2.05) is 73.7 Å². The number of sulfonamides is 1. The van der Waals surface area contributed by atoms with Crippen LogP contribution >= 0.6 is 15.9 Å². The Hall–Kier alpha value is -3.95. The predicted molar refractivity (Wildman–Crippen MR) is 195 cm³/mol. The summed E-state index contributed by atoms with van der Waals surface area (Å²) in [7, 11) is -4.16. The number of amides is 2. The Labute approximate surface area is 293 Å². The Kier molecular flexibility index (Phi) is 11.8. The van der Waals surface area contributed by atoms with Gasteiger partial charge in [-0.2, -0.15) is 0 Å². The second kappa shape index (κ2) is 16.0. The molecule has 1 saturated carbocycles. The lowest BCUT2D eigenvalue weighted by atomic mass is 10.0. The molecular weight excluding hydrogens is 686 g/mol. The molecule has 1 aliphatic carbocycles. The monoisotopic (exact) mass is 729 g/mol. The first-order valence-corrected chi connectivity index (χ1v) is 18.8. The number of anilines is 1. The predicted octanol–water partition coefficient (Wildman–Crippen LogP) is 7.78. The van der Waals surface area contributed by atoms with Gasteiger partial charge in [-0.3, -0.25) is 13.9 Å². The summed E-state index contributed by atoms with van der Waals surface area (Å²) < 4.78 is 30.7. The largest absolute Gasteiger partial charge is 0.352 e. The molecule has 1 N–H and O–H groups in total. The molecule has 2 amide bonds. The third-order valence-electron chi connectivity index (χ3n) is 8.97. The van der Waals surface area contributed by atoms with Crippen molar-refractivity contribution in [1.82, 2.24) is 10.2 Å². The number of nitrogens with zero attached hydrogens (tertiary/aromatic N) is 2. The highest BCUT2D eigenvalue weighted by molar-refractivity contribution is 9.10. The topological polar surface area (TPSA) is 86.8 Å².